The topological polar surface area (TPSA) is 39.7 Å². The number of benzene rings is 1. The van der Waals surface area contributed by atoms with Crippen LogP contribution in [-0.4, -0.2) is 34.0 Å². The summed E-state index contributed by atoms with van der Waals surface area (Å²) in [6.45, 7) is 5.15. The molecule has 0 aromatic heterocycles. The molecule has 0 aliphatic carbocycles. The van der Waals surface area contributed by atoms with Gasteiger partial charge in [0.05, 0.1) is 26.4 Å². The summed E-state index contributed by atoms with van der Waals surface area (Å²) in [6.07, 6.45) is 2.23. The lowest BCUT2D eigenvalue weighted by molar-refractivity contribution is 0.0610. The zero-order valence-corrected chi connectivity index (χ0v) is 13.2. The van der Waals surface area contributed by atoms with E-state index in [4.69, 9.17) is 14.2 Å². The van der Waals surface area contributed by atoms with Crippen LogP contribution in [-0.2, 0) is 4.74 Å². The number of hydrogen-bond acceptors (Lipinski definition) is 4. The number of rotatable bonds is 9. The van der Waals surface area contributed by atoms with Gasteiger partial charge in [-0.15, -0.1) is 0 Å². The fourth-order valence-electron chi connectivity index (χ4n) is 2.40. The molecule has 0 radical (unpaired) electrons. The summed E-state index contributed by atoms with van der Waals surface area (Å²) < 4.78 is 16.4. The Kier molecular flexibility index (Phi) is 7.41. The molecule has 1 aromatic carbocycles. The number of ether oxygens (including phenoxy) is 3. The molecule has 4 nitrogen and oxygen atoms in total. The molecular formula is C16H27NO3. The summed E-state index contributed by atoms with van der Waals surface area (Å²) in [5, 5.41) is 3.50. The van der Waals surface area contributed by atoms with Crippen LogP contribution in [0.2, 0.25) is 0 Å². The Morgan fingerprint density at radius 1 is 1.00 bits per heavy atom. The lowest BCUT2D eigenvalue weighted by atomic mass is 9.97. The minimum Gasteiger partial charge on any atom is -0.497 e. The van der Waals surface area contributed by atoms with Gasteiger partial charge in [-0.3, -0.25) is 0 Å². The van der Waals surface area contributed by atoms with Crippen LogP contribution in [0.1, 0.15) is 38.3 Å². The van der Waals surface area contributed by atoms with Crippen LogP contribution in [0.15, 0.2) is 18.2 Å². The van der Waals surface area contributed by atoms with Gasteiger partial charge in [0.1, 0.15) is 11.5 Å². The highest BCUT2D eigenvalue weighted by molar-refractivity contribution is 5.40. The zero-order chi connectivity index (χ0) is 15.0. The van der Waals surface area contributed by atoms with Crippen LogP contribution in [0.3, 0.4) is 0 Å². The average molecular weight is 281 g/mol. The van der Waals surface area contributed by atoms with Crippen molar-refractivity contribution in [3.05, 3.63) is 23.8 Å². The van der Waals surface area contributed by atoms with Crippen molar-refractivity contribution in [3.8, 4) is 11.5 Å². The summed E-state index contributed by atoms with van der Waals surface area (Å²) in [5.41, 5.74) is 1.13. The van der Waals surface area contributed by atoms with Gasteiger partial charge in [0, 0.05) is 13.2 Å². The highest BCUT2D eigenvalue weighted by Gasteiger charge is 2.22. The molecule has 1 rings (SSSR count). The molecule has 2 atom stereocenters. The van der Waals surface area contributed by atoms with Gasteiger partial charge in [-0.25, -0.2) is 0 Å². The lowest BCUT2D eigenvalue weighted by Crippen LogP contribution is -2.33. The van der Waals surface area contributed by atoms with Crippen molar-refractivity contribution in [2.24, 2.45) is 0 Å². The third kappa shape index (κ3) is 4.39. The highest BCUT2D eigenvalue weighted by Crippen LogP contribution is 2.30. The van der Waals surface area contributed by atoms with Gasteiger partial charge in [-0.1, -0.05) is 20.3 Å². The molecule has 0 aliphatic heterocycles. The third-order valence-electron chi connectivity index (χ3n) is 3.40. The number of methoxy groups -OCH3 is 3. The van der Waals surface area contributed by atoms with Crippen molar-refractivity contribution >= 4 is 0 Å². The molecule has 0 amide bonds. The van der Waals surface area contributed by atoms with Crippen LogP contribution >= 0.6 is 0 Å². The molecular weight excluding hydrogens is 254 g/mol. The maximum Gasteiger partial charge on any atom is 0.122 e. The molecule has 0 fully saturated rings. The fourth-order valence-corrected chi connectivity index (χ4v) is 2.40. The standard InChI is InChI=1S/C16H27NO3/c1-6-8-15(20-5)16(17-7-2)12-9-13(18-3)11-14(10-12)19-4/h9-11,15-17H,6-8H2,1-5H3. The van der Waals surface area contributed by atoms with Crippen LogP contribution in [0.4, 0.5) is 0 Å². The minimum atomic E-state index is 0.133. The molecule has 0 saturated carbocycles. The Morgan fingerprint density at radius 3 is 2.00 bits per heavy atom. The van der Waals surface area contributed by atoms with E-state index in [2.05, 4.69) is 19.2 Å². The first-order valence-electron chi connectivity index (χ1n) is 7.19. The summed E-state index contributed by atoms with van der Waals surface area (Å²) in [5.74, 6) is 1.60. The van der Waals surface area contributed by atoms with Crippen molar-refractivity contribution in [1.29, 1.82) is 0 Å². The molecule has 1 aromatic rings. The maximum atomic E-state index is 5.66. The van der Waals surface area contributed by atoms with E-state index in [0.29, 0.717) is 0 Å². The predicted molar refractivity (Wildman–Crippen MR) is 81.7 cm³/mol. The molecule has 0 bridgehead atoms. The SMILES string of the molecule is CCCC(OC)C(NCC)c1cc(OC)cc(OC)c1. The number of hydrogen-bond donors (Lipinski definition) is 1. The molecule has 4 heteroatoms. The Balaban J connectivity index is 3.11. The first kappa shape index (κ1) is 16.8. The van der Waals surface area contributed by atoms with Gasteiger partial charge < -0.3 is 19.5 Å². The molecule has 0 aliphatic rings. The minimum absolute atomic E-state index is 0.133. The fraction of sp³-hybridized carbons (Fsp3) is 0.625. The second-order valence-electron chi connectivity index (χ2n) is 4.74. The molecule has 0 heterocycles. The van der Waals surface area contributed by atoms with Crippen LogP contribution in [0.25, 0.3) is 0 Å². The van der Waals surface area contributed by atoms with E-state index >= 15 is 0 Å². The van der Waals surface area contributed by atoms with E-state index in [-0.39, 0.29) is 12.1 Å². The number of nitrogens with one attached hydrogen (secondary N) is 1. The van der Waals surface area contributed by atoms with Gasteiger partial charge in [0.2, 0.25) is 0 Å². The quantitative estimate of drug-likeness (QED) is 0.754. The van der Waals surface area contributed by atoms with Gasteiger partial charge in [-0.2, -0.15) is 0 Å². The largest absolute Gasteiger partial charge is 0.497 e. The molecule has 0 saturated heterocycles. The predicted octanol–water partition coefficient (Wildman–Crippen LogP) is 3.17. The monoisotopic (exact) mass is 281 g/mol. The second-order valence-corrected chi connectivity index (χ2v) is 4.74. The van der Waals surface area contributed by atoms with Crippen LogP contribution in [0, 0.1) is 0 Å². The molecule has 114 valence electrons. The van der Waals surface area contributed by atoms with Crippen LogP contribution in [0.5, 0.6) is 11.5 Å². The first-order valence-corrected chi connectivity index (χ1v) is 7.19. The Bertz CT molecular complexity index is 373. The van der Waals surface area contributed by atoms with Gasteiger partial charge in [-0.05, 0) is 30.7 Å². The molecule has 2 unspecified atom stereocenters. The average Bonchev–Trinajstić information content (AvgIpc) is 2.50. The lowest BCUT2D eigenvalue weighted by Gasteiger charge is -2.27. The highest BCUT2D eigenvalue weighted by atomic mass is 16.5. The summed E-state index contributed by atoms with van der Waals surface area (Å²) in [4.78, 5) is 0. The van der Waals surface area contributed by atoms with Gasteiger partial charge >= 0.3 is 0 Å². The van der Waals surface area contributed by atoms with Crippen molar-refractivity contribution < 1.29 is 14.2 Å². The Labute approximate surface area is 122 Å². The second kappa shape index (κ2) is 8.82. The van der Waals surface area contributed by atoms with E-state index < -0.39 is 0 Å². The normalized spacial score (nSPS) is 13.8. The molecule has 20 heavy (non-hydrogen) atoms. The van der Waals surface area contributed by atoms with Gasteiger partial charge in [0.15, 0.2) is 0 Å². The summed E-state index contributed by atoms with van der Waals surface area (Å²) >= 11 is 0. The van der Waals surface area contributed by atoms with Crippen molar-refractivity contribution in [2.45, 2.75) is 38.8 Å². The van der Waals surface area contributed by atoms with E-state index in [0.717, 1.165) is 36.4 Å². The zero-order valence-electron chi connectivity index (χ0n) is 13.2. The van der Waals surface area contributed by atoms with Gasteiger partial charge in [0.25, 0.3) is 0 Å². The van der Waals surface area contributed by atoms with Crippen molar-refractivity contribution in [2.75, 3.05) is 27.9 Å². The smallest absolute Gasteiger partial charge is 0.122 e. The Hall–Kier alpha value is -1.26. The summed E-state index contributed by atoms with van der Waals surface area (Å²) in [7, 11) is 5.10. The van der Waals surface area contributed by atoms with E-state index in [1.54, 1.807) is 21.3 Å². The van der Waals surface area contributed by atoms with Crippen molar-refractivity contribution in [3.63, 3.8) is 0 Å². The van der Waals surface area contributed by atoms with E-state index in [1.807, 2.05) is 18.2 Å². The van der Waals surface area contributed by atoms with Crippen molar-refractivity contribution in [1.82, 2.24) is 5.32 Å². The Morgan fingerprint density at radius 2 is 1.60 bits per heavy atom. The van der Waals surface area contributed by atoms with E-state index in [9.17, 15) is 0 Å². The molecule has 1 N–H and O–H groups in total. The first-order chi connectivity index (χ1) is 9.69. The van der Waals surface area contributed by atoms with E-state index in [1.165, 1.54) is 0 Å². The third-order valence-corrected chi connectivity index (χ3v) is 3.40. The molecule has 0 spiro atoms. The number of likely N-dealkylation sites (N-methyl/N-ethyl adjacent to an activating group) is 1. The maximum absolute atomic E-state index is 5.66. The summed E-state index contributed by atoms with van der Waals surface area (Å²) in [6, 6.07) is 6.09. The van der Waals surface area contributed by atoms with Crippen LogP contribution < -0.4 is 14.8 Å².